The maximum atomic E-state index is 4.65. The van der Waals surface area contributed by atoms with Gasteiger partial charge in [0.25, 0.3) is 0 Å². The normalized spacial score (nSPS) is 20.8. The minimum atomic E-state index is 0.306. The van der Waals surface area contributed by atoms with Crippen molar-refractivity contribution in [2.75, 3.05) is 10.8 Å². The second-order valence-electron chi connectivity index (χ2n) is 5.84. The van der Waals surface area contributed by atoms with E-state index in [1.807, 2.05) is 28.4 Å². The summed E-state index contributed by atoms with van der Waals surface area (Å²) in [7, 11) is 1.95. The fourth-order valence-electron chi connectivity index (χ4n) is 3.32. The molecule has 0 fully saturated rings. The third kappa shape index (κ3) is 2.16. The van der Waals surface area contributed by atoms with Gasteiger partial charge >= 0.3 is 0 Å². The molecule has 2 aromatic rings. The summed E-state index contributed by atoms with van der Waals surface area (Å²) < 4.78 is 3.80. The highest BCUT2D eigenvalue weighted by molar-refractivity contribution is 7.81. The summed E-state index contributed by atoms with van der Waals surface area (Å²) >= 11 is 4.56. The topological polar surface area (TPSA) is 34.0 Å². The summed E-state index contributed by atoms with van der Waals surface area (Å²) in [6.45, 7) is 0.847. The highest BCUT2D eigenvalue weighted by Gasteiger charge is 2.31. The van der Waals surface area contributed by atoms with Crippen LogP contribution in [0, 0.1) is 0 Å². The summed E-state index contributed by atoms with van der Waals surface area (Å²) in [5.41, 5.74) is 5.20. The lowest BCUT2D eigenvalue weighted by Gasteiger charge is -2.09. The molecule has 108 valence electrons. The van der Waals surface area contributed by atoms with Crippen LogP contribution in [0.1, 0.15) is 41.9 Å². The lowest BCUT2D eigenvalue weighted by atomic mass is 9.94. The van der Waals surface area contributed by atoms with Gasteiger partial charge in [-0.25, -0.2) is 4.98 Å². The third-order valence-electron chi connectivity index (χ3n) is 4.41. The lowest BCUT2D eigenvalue weighted by molar-refractivity contribution is 0.765. The number of rotatable bonds is 2. The van der Waals surface area contributed by atoms with Crippen LogP contribution in [0.3, 0.4) is 0 Å². The number of allylic oxidation sites excluding steroid dienone is 2. The van der Waals surface area contributed by atoms with Crippen molar-refractivity contribution in [2.24, 2.45) is 7.05 Å². The van der Waals surface area contributed by atoms with E-state index in [1.165, 1.54) is 41.5 Å². The van der Waals surface area contributed by atoms with Gasteiger partial charge in [-0.3, -0.25) is 4.68 Å². The summed E-state index contributed by atoms with van der Waals surface area (Å²) in [5.74, 6) is 1.29. The predicted molar refractivity (Wildman–Crippen MR) is 87.4 cm³/mol. The zero-order valence-electron chi connectivity index (χ0n) is 12.0. The first-order valence-corrected chi connectivity index (χ1v) is 7.76. The highest BCUT2D eigenvalue weighted by atomic mass is 32.1. The van der Waals surface area contributed by atoms with E-state index in [1.54, 1.807) is 0 Å². The molecule has 5 heteroatoms. The molecule has 3 heterocycles. The van der Waals surface area contributed by atoms with Crippen molar-refractivity contribution >= 4 is 24.2 Å². The van der Waals surface area contributed by atoms with Crippen LogP contribution in [-0.2, 0) is 7.05 Å². The average molecular weight is 298 g/mol. The van der Waals surface area contributed by atoms with Crippen molar-refractivity contribution in [3.63, 3.8) is 0 Å². The van der Waals surface area contributed by atoms with E-state index < -0.39 is 0 Å². The van der Waals surface area contributed by atoms with Gasteiger partial charge in [0.1, 0.15) is 5.82 Å². The SMILES string of the molecule is Cn1cc(C2CN(S)c3ncc(C4=CCCC4)cc32)cn1. The number of nitrogens with zero attached hydrogens (tertiary/aromatic N) is 4. The largest absolute Gasteiger partial charge is 0.302 e. The van der Waals surface area contributed by atoms with E-state index in [0.717, 1.165) is 12.4 Å². The standard InChI is InChI=1S/C16H18N4S/c1-19-9-13(8-18-19)15-10-20(21)16-14(15)6-12(7-17-16)11-4-2-3-5-11/h4,6-9,15,21H,2-3,5,10H2,1H3. The lowest BCUT2D eigenvalue weighted by Crippen LogP contribution is -2.10. The zero-order chi connectivity index (χ0) is 14.4. The number of hydrogen-bond acceptors (Lipinski definition) is 4. The van der Waals surface area contributed by atoms with Crippen LogP contribution in [0.15, 0.2) is 30.7 Å². The van der Waals surface area contributed by atoms with Gasteiger partial charge in [-0.15, -0.1) is 0 Å². The molecule has 21 heavy (non-hydrogen) atoms. The molecule has 1 aliphatic carbocycles. The maximum Gasteiger partial charge on any atom is 0.142 e. The van der Waals surface area contributed by atoms with Gasteiger partial charge in [0, 0.05) is 37.5 Å². The van der Waals surface area contributed by atoms with Gasteiger partial charge in [-0.05, 0) is 42.0 Å². The minimum Gasteiger partial charge on any atom is -0.302 e. The van der Waals surface area contributed by atoms with Crippen LogP contribution >= 0.6 is 12.8 Å². The van der Waals surface area contributed by atoms with E-state index in [4.69, 9.17) is 0 Å². The van der Waals surface area contributed by atoms with Crippen LogP contribution in [0.2, 0.25) is 0 Å². The van der Waals surface area contributed by atoms with E-state index in [-0.39, 0.29) is 0 Å². The molecule has 1 aliphatic heterocycles. The molecule has 1 atom stereocenters. The average Bonchev–Trinajstić information content (AvgIpc) is 3.19. The molecule has 0 spiro atoms. The summed E-state index contributed by atoms with van der Waals surface area (Å²) in [4.78, 5) is 4.65. The van der Waals surface area contributed by atoms with Crippen LogP contribution in [0.25, 0.3) is 5.57 Å². The number of hydrogen-bond donors (Lipinski definition) is 1. The first kappa shape index (κ1) is 13.0. The minimum absolute atomic E-state index is 0.306. The van der Waals surface area contributed by atoms with Gasteiger partial charge in [0.2, 0.25) is 0 Å². The Balaban J connectivity index is 1.77. The van der Waals surface area contributed by atoms with Gasteiger partial charge in [0.05, 0.1) is 6.20 Å². The Hall–Kier alpha value is -1.75. The maximum absolute atomic E-state index is 4.65. The molecule has 0 aromatic carbocycles. The number of thiol groups is 1. The zero-order valence-corrected chi connectivity index (χ0v) is 12.9. The van der Waals surface area contributed by atoms with Crippen molar-refractivity contribution in [2.45, 2.75) is 25.2 Å². The number of aryl methyl sites for hydroxylation is 1. The van der Waals surface area contributed by atoms with Gasteiger partial charge in [0.15, 0.2) is 0 Å². The van der Waals surface area contributed by atoms with Gasteiger partial charge in [-0.1, -0.05) is 18.9 Å². The molecule has 0 bridgehead atoms. The van der Waals surface area contributed by atoms with E-state index in [0.29, 0.717) is 5.92 Å². The van der Waals surface area contributed by atoms with Crippen molar-refractivity contribution < 1.29 is 0 Å². The van der Waals surface area contributed by atoms with Crippen LogP contribution in [0.5, 0.6) is 0 Å². The molecule has 1 unspecified atom stereocenters. The van der Waals surface area contributed by atoms with Crippen molar-refractivity contribution in [1.29, 1.82) is 0 Å². The number of anilines is 1. The molecule has 4 nitrogen and oxygen atoms in total. The quantitative estimate of drug-likeness (QED) is 0.865. The Morgan fingerprint density at radius 1 is 1.33 bits per heavy atom. The third-order valence-corrected chi connectivity index (χ3v) is 4.76. The first-order valence-electron chi connectivity index (χ1n) is 7.36. The number of pyridine rings is 1. The van der Waals surface area contributed by atoms with Crippen molar-refractivity contribution in [3.8, 4) is 0 Å². The van der Waals surface area contributed by atoms with Gasteiger partial charge in [-0.2, -0.15) is 5.10 Å². The Kier molecular flexibility index (Phi) is 3.03. The second-order valence-corrected chi connectivity index (χ2v) is 6.32. The highest BCUT2D eigenvalue weighted by Crippen LogP contribution is 2.41. The van der Waals surface area contributed by atoms with E-state index >= 15 is 0 Å². The van der Waals surface area contributed by atoms with E-state index in [2.05, 4.69) is 41.2 Å². The molecular weight excluding hydrogens is 280 g/mol. The molecule has 0 saturated heterocycles. The Bertz CT molecular complexity index is 719. The first-order chi connectivity index (χ1) is 10.2. The molecule has 0 N–H and O–H groups in total. The Morgan fingerprint density at radius 2 is 2.24 bits per heavy atom. The predicted octanol–water partition coefficient (Wildman–Crippen LogP) is 3.18. The molecule has 2 aliphatic rings. The molecule has 0 radical (unpaired) electrons. The van der Waals surface area contributed by atoms with Crippen LogP contribution in [0.4, 0.5) is 5.82 Å². The fourth-order valence-corrected chi connectivity index (χ4v) is 3.65. The number of aromatic nitrogens is 3. The van der Waals surface area contributed by atoms with E-state index in [9.17, 15) is 0 Å². The van der Waals surface area contributed by atoms with Gasteiger partial charge < -0.3 is 4.31 Å². The Labute approximate surface area is 130 Å². The number of fused-ring (bicyclic) bond motifs is 1. The molecule has 0 saturated carbocycles. The summed E-state index contributed by atoms with van der Waals surface area (Å²) in [5, 5.41) is 4.30. The summed E-state index contributed by atoms with van der Waals surface area (Å²) in [6.07, 6.45) is 12.0. The smallest absolute Gasteiger partial charge is 0.142 e. The summed E-state index contributed by atoms with van der Waals surface area (Å²) in [6, 6.07) is 2.30. The molecule has 4 rings (SSSR count). The second kappa shape index (κ2) is 4.91. The molecular formula is C16H18N4S. The van der Waals surface area contributed by atoms with Crippen LogP contribution < -0.4 is 4.31 Å². The van der Waals surface area contributed by atoms with Crippen molar-refractivity contribution in [3.05, 3.63) is 47.4 Å². The van der Waals surface area contributed by atoms with Crippen LogP contribution in [-0.4, -0.2) is 21.3 Å². The Morgan fingerprint density at radius 3 is 2.95 bits per heavy atom. The monoisotopic (exact) mass is 298 g/mol. The van der Waals surface area contributed by atoms with Crippen molar-refractivity contribution in [1.82, 2.24) is 14.8 Å². The molecule has 2 aromatic heterocycles. The fraction of sp³-hybridized carbons (Fsp3) is 0.375. The molecule has 0 amide bonds.